The van der Waals surface area contributed by atoms with Crippen molar-refractivity contribution in [2.75, 3.05) is 21.2 Å². The third kappa shape index (κ3) is 3.05. The van der Waals surface area contributed by atoms with Gasteiger partial charge in [-0.2, -0.15) is 0 Å². The van der Waals surface area contributed by atoms with Crippen LogP contribution in [0.2, 0.25) is 0 Å². The highest BCUT2D eigenvalue weighted by Crippen LogP contribution is 2.44. The molecule has 0 spiro atoms. The number of hydrogen-bond acceptors (Lipinski definition) is 4. The zero-order valence-electron chi connectivity index (χ0n) is 13.2. The highest BCUT2D eigenvalue weighted by atomic mass is 19.1. The van der Waals surface area contributed by atoms with Gasteiger partial charge >= 0.3 is 0 Å². The van der Waals surface area contributed by atoms with E-state index in [2.05, 4.69) is 24.4 Å². The van der Waals surface area contributed by atoms with Crippen molar-refractivity contribution in [3.63, 3.8) is 0 Å². The van der Waals surface area contributed by atoms with Crippen molar-refractivity contribution < 1.29 is 9.13 Å². The predicted octanol–water partition coefficient (Wildman–Crippen LogP) is 2.60. The summed E-state index contributed by atoms with van der Waals surface area (Å²) in [5, 5.41) is 0. The Morgan fingerprint density at radius 1 is 1.29 bits per heavy atom. The Labute approximate surface area is 126 Å². The average molecular weight is 295 g/mol. The number of nitrogens with one attached hydrogen (secondary N) is 1. The molecule has 21 heavy (non-hydrogen) atoms. The van der Waals surface area contributed by atoms with Crippen molar-refractivity contribution in [2.45, 2.75) is 43.7 Å². The minimum Gasteiger partial charge on any atom is -0.496 e. The number of benzene rings is 1. The van der Waals surface area contributed by atoms with Gasteiger partial charge in [0, 0.05) is 11.1 Å². The molecule has 1 aromatic rings. The van der Waals surface area contributed by atoms with Gasteiger partial charge in [-0.1, -0.05) is 19.3 Å². The van der Waals surface area contributed by atoms with Crippen LogP contribution in [-0.2, 0) is 0 Å². The molecule has 2 rings (SSSR count). The monoisotopic (exact) mass is 295 g/mol. The number of nitrogens with zero attached hydrogens (tertiary/aromatic N) is 1. The summed E-state index contributed by atoms with van der Waals surface area (Å²) in [6.45, 7) is 0. The second kappa shape index (κ2) is 6.73. The Morgan fingerprint density at radius 2 is 1.95 bits per heavy atom. The van der Waals surface area contributed by atoms with Crippen LogP contribution in [0.1, 0.15) is 43.7 Å². The standard InChI is InChI=1S/C16H26FN3O/c1-20(2)16(9-5-4-6-10-16)15(19-18)13-11-12(17)7-8-14(13)21-3/h7-8,11,15,19H,4-6,9-10,18H2,1-3H3. The second-order valence-electron chi connectivity index (χ2n) is 6.04. The van der Waals surface area contributed by atoms with Gasteiger partial charge < -0.3 is 9.64 Å². The van der Waals surface area contributed by atoms with Crippen LogP contribution in [0.3, 0.4) is 0 Å². The van der Waals surface area contributed by atoms with Gasteiger partial charge in [-0.15, -0.1) is 0 Å². The van der Waals surface area contributed by atoms with Gasteiger partial charge in [0.25, 0.3) is 0 Å². The van der Waals surface area contributed by atoms with Crippen LogP contribution in [0.4, 0.5) is 4.39 Å². The smallest absolute Gasteiger partial charge is 0.123 e. The van der Waals surface area contributed by atoms with Gasteiger partial charge in [-0.25, -0.2) is 4.39 Å². The quantitative estimate of drug-likeness (QED) is 0.647. The molecule has 0 heterocycles. The van der Waals surface area contributed by atoms with Crippen molar-refractivity contribution in [2.24, 2.45) is 5.84 Å². The SMILES string of the molecule is COc1ccc(F)cc1C(NN)C1(N(C)C)CCCCC1. The van der Waals surface area contributed by atoms with E-state index in [0.717, 1.165) is 31.2 Å². The molecule has 0 radical (unpaired) electrons. The number of nitrogens with two attached hydrogens (primary N) is 1. The minimum absolute atomic E-state index is 0.117. The first-order valence-corrected chi connectivity index (χ1v) is 7.52. The first-order valence-electron chi connectivity index (χ1n) is 7.52. The van der Waals surface area contributed by atoms with Gasteiger partial charge in [-0.05, 0) is 45.1 Å². The van der Waals surface area contributed by atoms with Crippen molar-refractivity contribution >= 4 is 0 Å². The molecule has 1 atom stereocenters. The van der Waals surface area contributed by atoms with E-state index in [1.165, 1.54) is 18.6 Å². The molecule has 1 aromatic carbocycles. The summed E-state index contributed by atoms with van der Waals surface area (Å²) in [6, 6.07) is 4.45. The molecule has 1 unspecified atom stereocenters. The van der Waals surface area contributed by atoms with E-state index in [1.807, 2.05) is 0 Å². The molecular formula is C16H26FN3O. The second-order valence-corrected chi connectivity index (χ2v) is 6.04. The van der Waals surface area contributed by atoms with Crippen molar-refractivity contribution in [3.8, 4) is 5.75 Å². The summed E-state index contributed by atoms with van der Waals surface area (Å²) in [5.41, 5.74) is 3.59. The first kappa shape index (κ1) is 16.2. The Morgan fingerprint density at radius 3 is 2.48 bits per heavy atom. The predicted molar refractivity (Wildman–Crippen MR) is 82.5 cm³/mol. The summed E-state index contributed by atoms with van der Waals surface area (Å²) < 4.78 is 19.2. The maximum absolute atomic E-state index is 13.7. The fourth-order valence-electron chi connectivity index (χ4n) is 3.62. The van der Waals surface area contributed by atoms with E-state index >= 15 is 0 Å². The molecule has 1 saturated carbocycles. The lowest BCUT2D eigenvalue weighted by molar-refractivity contribution is 0.0553. The summed E-state index contributed by atoms with van der Waals surface area (Å²) in [6.07, 6.45) is 5.64. The van der Waals surface area contributed by atoms with Gasteiger partial charge in [-0.3, -0.25) is 11.3 Å². The van der Waals surface area contributed by atoms with E-state index in [0.29, 0.717) is 5.75 Å². The normalized spacial score (nSPS) is 19.5. The molecular weight excluding hydrogens is 269 g/mol. The van der Waals surface area contributed by atoms with E-state index in [-0.39, 0.29) is 17.4 Å². The number of hydrogen-bond donors (Lipinski definition) is 2. The van der Waals surface area contributed by atoms with E-state index in [1.54, 1.807) is 13.2 Å². The van der Waals surface area contributed by atoms with Gasteiger partial charge in [0.1, 0.15) is 11.6 Å². The number of hydrazine groups is 1. The molecule has 3 N–H and O–H groups in total. The third-order valence-electron chi connectivity index (χ3n) is 4.82. The minimum atomic E-state index is -0.268. The van der Waals surface area contributed by atoms with E-state index < -0.39 is 0 Å². The van der Waals surface area contributed by atoms with E-state index in [9.17, 15) is 4.39 Å². The molecule has 118 valence electrons. The van der Waals surface area contributed by atoms with Crippen LogP contribution in [0.5, 0.6) is 5.75 Å². The summed E-state index contributed by atoms with van der Waals surface area (Å²) in [5.74, 6) is 6.28. The maximum atomic E-state index is 13.7. The van der Waals surface area contributed by atoms with Crippen LogP contribution in [0.25, 0.3) is 0 Å². The lowest BCUT2D eigenvalue weighted by atomic mass is 9.73. The third-order valence-corrected chi connectivity index (χ3v) is 4.82. The van der Waals surface area contributed by atoms with Gasteiger partial charge in [0.15, 0.2) is 0 Å². The van der Waals surface area contributed by atoms with Crippen molar-refractivity contribution in [1.82, 2.24) is 10.3 Å². The average Bonchev–Trinajstić information content (AvgIpc) is 2.49. The van der Waals surface area contributed by atoms with Crippen LogP contribution in [0.15, 0.2) is 18.2 Å². The van der Waals surface area contributed by atoms with Crippen LogP contribution < -0.4 is 16.0 Å². The van der Waals surface area contributed by atoms with Crippen LogP contribution in [0, 0.1) is 5.82 Å². The van der Waals surface area contributed by atoms with E-state index in [4.69, 9.17) is 10.6 Å². The molecule has 0 aliphatic heterocycles. The molecule has 1 aliphatic rings. The molecule has 0 saturated heterocycles. The van der Waals surface area contributed by atoms with Crippen LogP contribution >= 0.6 is 0 Å². The molecule has 4 nitrogen and oxygen atoms in total. The number of methoxy groups -OCH3 is 1. The fraction of sp³-hybridized carbons (Fsp3) is 0.625. The molecule has 0 amide bonds. The number of likely N-dealkylation sites (N-methyl/N-ethyl adjacent to an activating group) is 1. The van der Waals surface area contributed by atoms with Crippen LogP contribution in [-0.4, -0.2) is 31.6 Å². The molecule has 0 bridgehead atoms. The summed E-state index contributed by atoms with van der Waals surface area (Å²) in [4.78, 5) is 2.22. The first-order chi connectivity index (χ1) is 10.0. The highest BCUT2D eigenvalue weighted by Gasteiger charge is 2.43. The lowest BCUT2D eigenvalue weighted by Gasteiger charge is -2.48. The van der Waals surface area contributed by atoms with Gasteiger partial charge in [0.2, 0.25) is 0 Å². The topological polar surface area (TPSA) is 50.5 Å². The molecule has 0 aromatic heterocycles. The molecule has 5 heteroatoms. The fourth-order valence-corrected chi connectivity index (χ4v) is 3.62. The largest absolute Gasteiger partial charge is 0.496 e. The Hall–Kier alpha value is -1.17. The molecule has 1 aliphatic carbocycles. The number of halogens is 1. The summed E-state index contributed by atoms with van der Waals surface area (Å²) >= 11 is 0. The van der Waals surface area contributed by atoms with Gasteiger partial charge in [0.05, 0.1) is 13.2 Å². The summed E-state index contributed by atoms with van der Waals surface area (Å²) in [7, 11) is 5.75. The van der Waals surface area contributed by atoms with Crippen molar-refractivity contribution in [3.05, 3.63) is 29.6 Å². The zero-order chi connectivity index (χ0) is 15.5. The Kier molecular flexibility index (Phi) is 5.19. The Bertz CT molecular complexity index is 473. The van der Waals surface area contributed by atoms with Crippen molar-refractivity contribution in [1.29, 1.82) is 0 Å². The molecule has 1 fully saturated rings. The maximum Gasteiger partial charge on any atom is 0.123 e. The highest BCUT2D eigenvalue weighted by molar-refractivity contribution is 5.38. The number of ether oxygens (including phenoxy) is 1. The lowest BCUT2D eigenvalue weighted by Crippen LogP contribution is -2.56. The number of rotatable bonds is 5. The Balaban J connectivity index is 2.48. The zero-order valence-corrected chi connectivity index (χ0v) is 13.2.